The predicted octanol–water partition coefficient (Wildman–Crippen LogP) is 1.71. The number of anilines is 1. The Morgan fingerprint density at radius 2 is 1.82 bits per heavy atom. The highest BCUT2D eigenvalue weighted by Gasteiger charge is 2.38. The van der Waals surface area contributed by atoms with Gasteiger partial charge in [-0.2, -0.15) is 18.3 Å². The Morgan fingerprint density at radius 1 is 1.16 bits per heavy atom. The fourth-order valence-electron chi connectivity index (χ4n) is 4.53. The SMILES string of the molecule is CS(=O)(=O)N1CCC(n2cc(C#Cc3cc(NC(N)=O)c(C(=O)NC(=O)[C@H]4CCCCNC4)s3)cn2)CC1.O=C(O)C(F)(F)F. The van der Waals surface area contributed by atoms with Crippen molar-refractivity contribution in [2.45, 2.75) is 44.3 Å². The number of hydrogen-bond donors (Lipinski definition) is 5. The Labute approximate surface area is 260 Å². The molecule has 0 aliphatic carbocycles. The van der Waals surface area contributed by atoms with Gasteiger partial charge in [-0.3, -0.25) is 19.6 Å². The second-order valence-electron chi connectivity index (χ2n) is 10.2. The van der Waals surface area contributed by atoms with E-state index in [0.717, 1.165) is 30.7 Å². The van der Waals surface area contributed by atoms with Crippen LogP contribution >= 0.6 is 11.3 Å². The highest BCUT2D eigenvalue weighted by molar-refractivity contribution is 7.88. The molecule has 19 heteroatoms. The van der Waals surface area contributed by atoms with Crippen LogP contribution in [0.2, 0.25) is 0 Å². The van der Waals surface area contributed by atoms with Crippen LogP contribution in [0.25, 0.3) is 0 Å². The number of nitrogens with zero attached hydrogens (tertiary/aromatic N) is 3. The van der Waals surface area contributed by atoms with E-state index in [1.807, 2.05) is 0 Å². The van der Waals surface area contributed by atoms with E-state index in [9.17, 15) is 36.0 Å². The van der Waals surface area contributed by atoms with Crippen LogP contribution in [-0.4, -0.2) is 90.0 Å². The zero-order valence-corrected chi connectivity index (χ0v) is 25.6. The largest absolute Gasteiger partial charge is 0.490 e. The van der Waals surface area contributed by atoms with Crippen LogP contribution < -0.4 is 21.7 Å². The molecule has 0 saturated carbocycles. The van der Waals surface area contributed by atoms with Crippen LogP contribution in [0, 0.1) is 17.8 Å². The first-order valence-corrected chi connectivity index (χ1v) is 16.3. The molecule has 0 aromatic carbocycles. The minimum Gasteiger partial charge on any atom is -0.475 e. The van der Waals surface area contributed by atoms with E-state index < -0.39 is 34.1 Å². The number of nitrogens with two attached hydrogens (primary N) is 1. The molecule has 0 radical (unpaired) electrons. The fraction of sp³-hybridized carbons (Fsp3) is 0.500. The number of halogens is 3. The van der Waals surface area contributed by atoms with Crippen LogP contribution in [0.3, 0.4) is 0 Å². The average Bonchev–Trinajstić information content (AvgIpc) is 3.49. The number of aliphatic carboxylic acids is 1. The third kappa shape index (κ3) is 10.8. The van der Waals surface area contributed by atoms with Gasteiger partial charge in [0.2, 0.25) is 15.9 Å². The quantitative estimate of drug-likeness (QED) is 0.231. The van der Waals surface area contributed by atoms with E-state index in [0.29, 0.717) is 49.3 Å². The van der Waals surface area contributed by atoms with Gasteiger partial charge in [-0.1, -0.05) is 18.3 Å². The Hall–Kier alpha value is -3.99. The molecule has 2 aliphatic rings. The molecule has 4 amide bonds. The smallest absolute Gasteiger partial charge is 0.475 e. The summed E-state index contributed by atoms with van der Waals surface area (Å²) in [4.78, 5) is 46.6. The summed E-state index contributed by atoms with van der Waals surface area (Å²) in [5, 5.41) is 19.6. The standard InChI is InChI=1S/C24H31N7O5S2.C2HF3O2/c1-38(35,36)30-10-7-18(8-11-30)31-15-16(13-27-31)5-6-19-12-20(28-24(25)34)21(37-19)23(33)29-22(32)17-4-2-3-9-26-14-17;3-2(4,5)1(6)7/h12-13,15,17-18,26H,2-4,7-11,14H2,1H3,(H3,25,28,34)(H,29,32,33);(H,6,7)/t17-;/m0./s1. The van der Waals surface area contributed by atoms with Gasteiger partial charge in [0.05, 0.1) is 40.5 Å². The molecular weight excluding hydrogens is 643 g/mol. The molecule has 246 valence electrons. The molecule has 2 aromatic heterocycles. The van der Waals surface area contributed by atoms with Crippen LogP contribution in [0.4, 0.5) is 23.7 Å². The molecule has 2 saturated heterocycles. The Kier molecular flexibility index (Phi) is 12.1. The summed E-state index contributed by atoms with van der Waals surface area (Å²) in [5.74, 6) is 1.95. The van der Waals surface area contributed by atoms with Crippen molar-refractivity contribution in [1.29, 1.82) is 0 Å². The maximum atomic E-state index is 12.9. The summed E-state index contributed by atoms with van der Waals surface area (Å²) in [6.07, 6.45) is 3.46. The average molecular weight is 676 g/mol. The van der Waals surface area contributed by atoms with E-state index >= 15 is 0 Å². The van der Waals surface area contributed by atoms with Crippen LogP contribution in [0.15, 0.2) is 18.5 Å². The van der Waals surface area contributed by atoms with Gasteiger partial charge in [0.15, 0.2) is 0 Å². The Morgan fingerprint density at radius 3 is 2.42 bits per heavy atom. The molecule has 2 fully saturated rings. The van der Waals surface area contributed by atoms with Crippen LogP contribution in [0.1, 0.15) is 58.3 Å². The number of carbonyl (C=O) groups excluding carboxylic acids is 3. The number of rotatable bonds is 5. The third-order valence-electron chi connectivity index (χ3n) is 6.79. The van der Waals surface area contributed by atoms with Crippen molar-refractivity contribution in [3.05, 3.63) is 33.8 Å². The van der Waals surface area contributed by atoms with Gasteiger partial charge in [0.1, 0.15) is 4.88 Å². The van der Waals surface area contributed by atoms with E-state index in [2.05, 4.69) is 32.9 Å². The van der Waals surface area contributed by atoms with Crippen molar-refractivity contribution in [2.75, 3.05) is 37.8 Å². The molecule has 4 rings (SSSR count). The molecule has 1 atom stereocenters. The first-order valence-electron chi connectivity index (χ1n) is 13.6. The second-order valence-corrected chi connectivity index (χ2v) is 13.2. The zero-order valence-electron chi connectivity index (χ0n) is 24.0. The van der Waals surface area contributed by atoms with Gasteiger partial charge in [0.25, 0.3) is 5.91 Å². The zero-order chi connectivity index (χ0) is 33.4. The monoisotopic (exact) mass is 675 g/mol. The highest BCUT2D eigenvalue weighted by Crippen LogP contribution is 2.28. The maximum Gasteiger partial charge on any atom is 0.490 e. The van der Waals surface area contributed by atoms with Gasteiger partial charge in [-0.15, -0.1) is 11.3 Å². The van der Waals surface area contributed by atoms with Crippen molar-refractivity contribution in [3.63, 3.8) is 0 Å². The lowest BCUT2D eigenvalue weighted by molar-refractivity contribution is -0.192. The van der Waals surface area contributed by atoms with Crippen molar-refractivity contribution in [3.8, 4) is 11.8 Å². The molecule has 0 bridgehead atoms. The highest BCUT2D eigenvalue weighted by atomic mass is 32.2. The number of imide groups is 1. The molecule has 6 N–H and O–H groups in total. The van der Waals surface area contributed by atoms with Gasteiger partial charge >= 0.3 is 18.2 Å². The van der Waals surface area contributed by atoms with Gasteiger partial charge in [-0.05, 0) is 38.3 Å². The number of aromatic nitrogens is 2. The van der Waals surface area contributed by atoms with Crippen molar-refractivity contribution in [1.82, 2.24) is 24.7 Å². The number of amides is 4. The number of piperidine rings is 1. The van der Waals surface area contributed by atoms with E-state index in [4.69, 9.17) is 15.6 Å². The lowest BCUT2D eigenvalue weighted by Gasteiger charge is -2.30. The van der Waals surface area contributed by atoms with Crippen LogP contribution in [-0.2, 0) is 19.6 Å². The normalized spacial score (nSPS) is 17.9. The Bertz CT molecular complexity index is 1560. The van der Waals surface area contributed by atoms with E-state index in [-0.39, 0.29) is 28.4 Å². The van der Waals surface area contributed by atoms with Crippen molar-refractivity contribution < 1.29 is 45.9 Å². The first kappa shape index (κ1) is 35.5. The predicted molar refractivity (Wildman–Crippen MR) is 157 cm³/mol. The molecule has 14 nitrogen and oxygen atoms in total. The number of hydrogen-bond acceptors (Lipinski definition) is 9. The number of nitrogens with one attached hydrogen (secondary N) is 3. The van der Waals surface area contributed by atoms with Crippen molar-refractivity contribution >= 4 is 50.9 Å². The number of thiophene rings is 1. The third-order valence-corrected chi connectivity index (χ3v) is 9.14. The number of primary amides is 1. The number of carboxylic acid groups (broad SMARTS) is 1. The summed E-state index contributed by atoms with van der Waals surface area (Å²) < 4.78 is 58.5. The topological polar surface area (TPSA) is 206 Å². The summed E-state index contributed by atoms with van der Waals surface area (Å²) in [5.41, 5.74) is 6.11. The number of carboxylic acids is 1. The number of sulfonamides is 1. The molecule has 2 aliphatic heterocycles. The summed E-state index contributed by atoms with van der Waals surface area (Å²) in [7, 11) is -3.20. The van der Waals surface area contributed by atoms with E-state index in [1.54, 1.807) is 23.1 Å². The molecule has 2 aromatic rings. The maximum absolute atomic E-state index is 12.9. The van der Waals surface area contributed by atoms with E-state index in [1.165, 1.54) is 10.6 Å². The van der Waals surface area contributed by atoms with Gasteiger partial charge in [-0.25, -0.2) is 22.3 Å². The molecular formula is C26H32F3N7O7S2. The summed E-state index contributed by atoms with van der Waals surface area (Å²) >= 11 is 1.05. The van der Waals surface area contributed by atoms with Gasteiger partial charge < -0.3 is 21.5 Å². The molecule has 4 heterocycles. The lowest BCUT2D eigenvalue weighted by Crippen LogP contribution is -2.39. The van der Waals surface area contributed by atoms with Crippen molar-refractivity contribution in [2.24, 2.45) is 11.7 Å². The van der Waals surface area contributed by atoms with Gasteiger partial charge in [0, 0.05) is 25.8 Å². The summed E-state index contributed by atoms with van der Waals surface area (Å²) in [6.45, 7) is 2.25. The minimum absolute atomic E-state index is 0.0770. The number of carbonyl (C=O) groups is 4. The number of urea groups is 1. The minimum atomic E-state index is -5.08. The fourth-order valence-corrected chi connectivity index (χ4v) is 6.27. The first-order chi connectivity index (χ1) is 21.0. The molecule has 0 unspecified atom stereocenters. The lowest BCUT2D eigenvalue weighted by atomic mass is 10.0. The Balaban J connectivity index is 0.000000707. The number of alkyl halides is 3. The second kappa shape index (κ2) is 15.3. The van der Waals surface area contributed by atoms with Crippen LogP contribution in [0.5, 0.6) is 0 Å². The summed E-state index contributed by atoms with van der Waals surface area (Å²) in [6, 6.07) is 0.785. The molecule has 0 spiro atoms. The molecule has 45 heavy (non-hydrogen) atoms.